The van der Waals surface area contributed by atoms with Gasteiger partial charge < -0.3 is 15.0 Å². The van der Waals surface area contributed by atoms with Crippen LogP contribution in [0.5, 0.6) is 0 Å². The van der Waals surface area contributed by atoms with Crippen molar-refractivity contribution in [3.8, 4) is 0 Å². The lowest BCUT2D eigenvalue weighted by molar-refractivity contribution is -0.0547. The van der Waals surface area contributed by atoms with Gasteiger partial charge in [0.2, 0.25) is 0 Å². The van der Waals surface area contributed by atoms with Crippen LogP contribution in [0.25, 0.3) is 0 Å². The molecular weight excluding hydrogens is 316 g/mol. The number of nitrogens with zero attached hydrogens (tertiary/aromatic N) is 1. The van der Waals surface area contributed by atoms with Gasteiger partial charge >= 0.3 is 6.03 Å². The first-order chi connectivity index (χ1) is 10.7. The van der Waals surface area contributed by atoms with Crippen molar-refractivity contribution < 1.29 is 17.9 Å². The molecule has 1 fully saturated rings. The van der Waals surface area contributed by atoms with Crippen LogP contribution < -0.4 is 5.32 Å². The Morgan fingerprint density at radius 2 is 1.74 bits per heavy atom. The Hall–Kier alpha value is -1.60. The van der Waals surface area contributed by atoms with Crippen LogP contribution in [0, 0.1) is 0 Å². The molecule has 0 radical (unpaired) electrons. The molecular formula is C16H24N2O4S. The normalized spacial score (nSPS) is 23.4. The summed E-state index contributed by atoms with van der Waals surface area (Å²) in [6.07, 6.45) is 1.22. The van der Waals surface area contributed by atoms with Crippen molar-refractivity contribution in [3.63, 3.8) is 0 Å². The minimum atomic E-state index is -3.21. The summed E-state index contributed by atoms with van der Waals surface area (Å²) in [5.74, 6) is 0. The van der Waals surface area contributed by atoms with Gasteiger partial charge in [-0.2, -0.15) is 0 Å². The van der Waals surface area contributed by atoms with E-state index in [4.69, 9.17) is 4.74 Å². The molecule has 1 aliphatic rings. The van der Waals surface area contributed by atoms with Crippen molar-refractivity contribution in [1.29, 1.82) is 0 Å². The molecule has 3 atom stereocenters. The lowest BCUT2D eigenvalue weighted by atomic mass is 10.1. The van der Waals surface area contributed by atoms with Gasteiger partial charge in [-0.3, -0.25) is 0 Å². The second kappa shape index (κ2) is 6.88. The molecule has 7 heteroatoms. The number of amides is 2. The van der Waals surface area contributed by atoms with E-state index in [9.17, 15) is 13.2 Å². The van der Waals surface area contributed by atoms with E-state index < -0.39 is 9.84 Å². The van der Waals surface area contributed by atoms with E-state index >= 15 is 0 Å². The highest BCUT2D eigenvalue weighted by atomic mass is 32.2. The number of morpholine rings is 1. The molecule has 1 aromatic carbocycles. The first-order valence-corrected chi connectivity index (χ1v) is 9.57. The Labute approximate surface area is 137 Å². The van der Waals surface area contributed by atoms with Gasteiger partial charge in [0.1, 0.15) is 0 Å². The smallest absolute Gasteiger partial charge is 0.318 e. The molecule has 0 saturated carbocycles. The Balaban J connectivity index is 2.01. The van der Waals surface area contributed by atoms with Gasteiger partial charge in [0.25, 0.3) is 0 Å². The average molecular weight is 340 g/mol. The van der Waals surface area contributed by atoms with E-state index in [1.54, 1.807) is 29.2 Å². The van der Waals surface area contributed by atoms with Gasteiger partial charge in [0.15, 0.2) is 9.84 Å². The van der Waals surface area contributed by atoms with Gasteiger partial charge in [-0.15, -0.1) is 0 Å². The Morgan fingerprint density at radius 3 is 2.22 bits per heavy atom. The van der Waals surface area contributed by atoms with E-state index in [-0.39, 0.29) is 29.2 Å². The summed E-state index contributed by atoms with van der Waals surface area (Å²) in [5, 5.41) is 2.95. The minimum absolute atomic E-state index is 0.0221. The third-order valence-corrected chi connectivity index (χ3v) is 4.98. The lowest BCUT2D eigenvalue weighted by Gasteiger charge is -2.35. The zero-order chi connectivity index (χ0) is 17.2. The van der Waals surface area contributed by atoms with Crippen molar-refractivity contribution in [1.82, 2.24) is 10.2 Å². The number of hydrogen-bond donors (Lipinski definition) is 1. The van der Waals surface area contributed by atoms with Crippen molar-refractivity contribution in [2.45, 2.75) is 43.9 Å². The van der Waals surface area contributed by atoms with Gasteiger partial charge in [-0.1, -0.05) is 12.1 Å². The fourth-order valence-corrected chi connectivity index (χ4v) is 3.34. The first kappa shape index (κ1) is 17.7. The number of hydrogen-bond acceptors (Lipinski definition) is 4. The summed E-state index contributed by atoms with van der Waals surface area (Å²) in [6.45, 7) is 6.90. The van der Waals surface area contributed by atoms with E-state index in [0.717, 1.165) is 5.56 Å². The molecule has 23 heavy (non-hydrogen) atoms. The fourth-order valence-electron chi connectivity index (χ4n) is 2.71. The predicted octanol–water partition coefficient (Wildman–Crippen LogP) is 1.97. The van der Waals surface area contributed by atoms with Crippen molar-refractivity contribution in [3.05, 3.63) is 29.8 Å². The fraction of sp³-hybridized carbons (Fsp3) is 0.562. The minimum Gasteiger partial charge on any atom is -0.372 e. The van der Waals surface area contributed by atoms with E-state index in [1.165, 1.54) is 6.26 Å². The maximum Gasteiger partial charge on any atom is 0.318 e. The van der Waals surface area contributed by atoms with Crippen molar-refractivity contribution >= 4 is 15.9 Å². The molecule has 2 rings (SSSR count). The molecule has 3 unspecified atom stereocenters. The Kier molecular flexibility index (Phi) is 5.31. The number of sulfone groups is 1. The standard InChI is InChI=1S/C16H24N2O4S/c1-11-9-18(10-12(2)22-11)16(19)17-13(3)14-5-7-15(8-6-14)23(4,20)21/h5-8,11-13H,9-10H2,1-4H3,(H,17,19). The van der Waals surface area contributed by atoms with Crippen molar-refractivity contribution in [2.75, 3.05) is 19.3 Å². The molecule has 0 aromatic heterocycles. The third kappa shape index (κ3) is 4.68. The highest BCUT2D eigenvalue weighted by Crippen LogP contribution is 2.17. The Bertz CT molecular complexity index is 647. The molecule has 1 N–H and O–H groups in total. The van der Waals surface area contributed by atoms with Crippen LogP contribution in [0.1, 0.15) is 32.4 Å². The van der Waals surface area contributed by atoms with Crippen LogP contribution in [-0.4, -0.2) is 50.9 Å². The summed E-state index contributed by atoms with van der Waals surface area (Å²) in [7, 11) is -3.21. The van der Waals surface area contributed by atoms with Crippen LogP contribution in [0.2, 0.25) is 0 Å². The van der Waals surface area contributed by atoms with Crippen molar-refractivity contribution in [2.24, 2.45) is 0 Å². The van der Waals surface area contributed by atoms with Gasteiger partial charge in [-0.05, 0) is 38.5 Å². The van der Waals surface area contributed by atoms with E-state index in [0.29, 0.717) is 13.1 Å². The topological polar surface area (TPSA) is 75.7 Å². The third-order valence-electron chi connectivity index (χ3n) is 3.86. The lowest BCUT2D eigenvalue weighted by Crippen LogP contribution is -2.52. The Morgan fingerprint density at radius 1 is 1.22 bits per heavy atom. The number of ether oxygens (including phenoxy) is 1. The number of benzene rings is 1. The molecule has 0 aliphatic carbocycles. The molecule has 6 nitrogen and oxygen atoms in total. The summed E-state index contributed by atoms with van der Waals surface area (Å²) in [6, 6.07) is 6.24. The molecule has 0 bridgehead atoms. The van der Waals surface area contributed by atoms with Crippen LogP contribution in [-0.2, 0) is 14.6 Å². The molecule has 1 saturated heterocycles. The SMILES string of the molecule is CC1CN(C(=O)NC(C)c2ccc(S(C)(=O)=O)cc2)CC(C)O1. The number of carbonyl (C=O) groups excluding carboxylic acids is 1. The highest BCUT2D eigenvalue weighted by molar-refractivity contribution is 7.90. The maximum absolute atomic E-state index is 12.4. The quantitative estimate of drug-likeness (QED) is 0.913. The summed E-state index contributed by atoms with van der Waals surface area (Å²) >= 11 is 0. The number of nitrogens with one attached hydrogen (secondary N) is 1. The molecule has 1 aromatic rings. The largest absolute Gasteiger partial charge is 0.372 e. The van der Waals surface area contributed by atoms with Crippen LogP contribution in [0.15, 0.2) is 29.2 Å². The second-order valence-corrected chi connectivity index (χ2v) is 8.19. The summed E-state index contributed by atoms with van der Waals surface area (Å²) in [4.78, 5) is 14.4. The van der Waals surface area contributed by atoms with E-state index in [2.05, 4.69) is 5.32 Å². The zero-order valence-corrected chi connectivity index (χ0v) is 14.8. The van der Waals surface area contributed by atoms with Crippen LogP contribution in [0.3, 0.4) is 0 Å². The molecule has 1 aliphatic heterocycles. The van der Waals surface area contributed by atoms with E-state index in [1.807, 2.05) is 20.8 Å². The number of carbonyl (C=O) groups is 1. The van der Waals surface area contributed by atoms with Gasteiger partial charge in [-0.25, -0.2) is 13.2 Å². The maximum atomic E-state index is 12.4. The van der Waals surface area contributed by atoms with Crippen LogP contribution in [0.4, 0.5) is 4.79 Å². The monoisotopic (exact) mass is 340 g/mol. The molecule has 128 valence electrons. The zero-order valence-electron chi connectivity index (χ0n) is 13.9. The molecule has 1 heterocycles. The first-order valence-electron chi connectivity index (χ1n) is 7.67. The number of rotatable bonds is 3. The summed E-state index contributed by atoms with van der Waals surface area (Å²) in [5.41, 5.74) is 0.861. The van der Waals surface area contributed by atoms with Gasteiger partial charge in [0.05, 0.1) is 23.1 Å². The number of urea groups is 1. The van der Waals surface area contributed by atoms with Gasteiger partial charge in [0, 0.05) is 19.3 Å². The highest BCUT2D eigenvalue weighted by Gasteiger charge is 2.26. The summed E-state index contributed by atoms with van der Waals surface area (Å²) < 4.78 is 28.6. The average Bonchev–Trinajstić information content (AvgIpc) is 2.45. The van der Waals surface area contributed by atoms with Crippen LogP contribution >= 0.6 is 0 Å². The predicted molar refractivity (Wildman–Crippen MR) is 88.1 cm³/mol. The molecule has 2 amide bonds. The molecule has 0 spiro atoms. The second-order valence-electron chi connectivity index (χ2n) is 6.17.